The molecule has 29 heavy (non-hydrogen) atoms. The molecular weight excluding hydrogens is 374 g/mol. The van der Waals surface area contributed by atoms with Gasteiger partial charge in [0.05, 0.1) is 23.6 Å². The molecule has 4 aliphatic rings. The summed E-state index contributed by atoms with van der Waals surface area (Å²) in [5.41, 5.74) is -0.244. The zero-order chi connectivity index (χ0) is 20.5. The van der Waals surface area contributed by atoms with Gasteiger partial charge in [0.1, 0.15) is 6.04 Å². The number of hydrogen-bond acceptors (Lipinski definition) is 7. The number of carbonyl (C=O) groups excluding carboxylic acids is 3. The van der Waals surface area contributed by atoms with Crippen LogP contribution in [0.1, 0.15) is 20.8 Å². The zero-order valence-corrected chi connectivity index (χ0v) is 16.4. The molecule has 1 aromatic carbocycles. The lowest BCUT2D eigenvalue weighted by Gasteiger charge is -2.33. The van der Waals surface area contributed by atoms with Crippen LogP contribution in [-0.4, -0.2) is 47.7 Å². The number of Topliss-reactive ketones (excluding diaryl/α,β-unsaturated/α-hetero) is 1. The molecule has 150 valence electrons. The van der Waals surface area contributed by atoms with Crippen molar-refractivity contribution in [3.8, 4) is 11.5 Å². The number of anilines is 1. The van der Waals surface area contributed by atoms with Gasteiger partial charge >= 0.3 is 0 Å². The highest BCUT2D eigenvalue weighted by molar-refractivity contribution is 6.24. The van der Waals surface area contributed by atoms with Gasteiger partial charge in [-0.25, -0.2) is 4.90 Å². The number of amides is 2. The van der Waals surface area contributed by atoms with E-state index < -0.39 is 29.3 Å². The van der Waals surface area contributed by atoms with E-state index in [0.29, 0.717) is 17.2 Å². The monoisotopic (exact) mass is 395 g/mol. The molecule has 4 heterocycles. The molecule has 5 rings (SSSR count). The molecule has 0 saturated carbocycles. The van der Waals surface area contributed by atoms with Crippen molar-refractivity contribution in [2.24, 2.45) is 22.4 Å². The second-order valence-corrected chi connectivity index (χ2v) is 8.68. The van der Waals surface area contributed by atoms with Gasteiger partial charge in [0.15, 0.2) is 17.3 Å². The van der Waals surface area contributed by atoms with Gasteiger partial charge in [-0.2, -0.15) is 5.10 Å². The highest BCUT2D eigenvalue weighted by Gasteiger charge is 2.64. The summed E-state index contributed by atoms with van der Waals surface area (Å²) >= 11 is 0. The first kappa shape index (κ1) is 17.9. The maximum absolute atomic E-state index is 13.5. The van der Waals surface area contributed by atoms with E-state index in [1.165, 1.54) is 4.90 Å². The smallest absolute Gasteiger partial charge is 0.240 e. The molecule has 8 nitrogen and oxygen atoms in total. The standard InChI is InChI=1S/C21H21N3O5/c1-21(2,3)18(25)17-16-15(12-5-4-8-22-24(12)17)19(26)23(20(16)27)11-6-7-13-14(9-11)29-10-28-13/h4-9,12,15-17H,10H2,1-3H3/t12-,15-,16-,17-/m0/s1. The zero-order valence-electron chi connectivity index (χ0n) is 16.4. The molecule has 8 heteroatoms. The van der Waals surface area contributed by atoms with Gasteiger partial charge in [-0.1, -0.05) is 26.8 Å². The highest BCUT2D eigenvalue weighted by Crippen LogP contribution is 2.48. The van der Waals surface area contributed by atoms with Crippen molar-refractivity contribution in [3.63, 3.8) is 0 Å². The van der Waals surface area contributed by atoms with Crippen LogP contribution >= 0.6 is 0 Å². The molecule has 2 fully saturated rings. The second kappa shape index (κ2) is 5.92. The van der Waals surface area contributed by atoms with E-state index in [-0.39, 0.29) is 24.4 Å². The van der Waals surface area contributed by atoms with E-state index in [4.69, 9.17) is 9.47 Å². The summed E-state index contributed by atoms with van der Waals surface area (Å²) in [6, 6.07) is 3.78. The number of hydrazone groups is 1. The Morgan fingerprint density at radius 2 is 1.83 bits per heavy atom. The summed E-state index contributed by atoms with van der Waals surface area (Å²) in [4.78, 5) is 41.3. The van der Waals surface area contributed by atoms with Crippen LogP contribution in [0, 0.1) is 17.3 Å². The number of allylic oxidation sites excluding steroid dienone is 1. The molecular formula is C21H21N3O5. The molecule has 0 aromatic heterocycles. The van der Waals surface area contributed by atoms with Crippen molar-refractivity contribution in [1.82, 2.24) is 5.01 Å². The number of nitrogens with zero attached hydrogens (tertiary/aromatic N) is 3. The van der Waals surface area contributed by atoms with Gasteiger partial charge < -0.3 is 9.47 Å². The second-order valence-electron chi connectivity index (χ2n) is 8.68. The molecule has 0 bridgehead atoms. The van der Waals surface area contributed by atoms with Gasteiger partial charge in [0, 0.05) is 17.7 Å². The molecule has 0 aliphatic carbocycles. The Kier molecular flexibility index (Phi) is 3.65. The van der Waals surface area contributed by atoms with Crippen LogP contribution < -0.4 is 14.4 Å². The number of imide groups is 1. The van der Waals surface area contributed by atoms with E-state index >= 15 is 0 Å². The van der Waals surface area contributed by atoms with Crippen LogP contribution in [0.5, 0.6) is 11.5 Å². The fraction of sp³-hybridized carbons (Fsp3) is 0.429. The van der Waals surface area contributed by atoms with E-state index in [9.17, 15) is 14.4 Å². The van der Waals surface area contributed by atoms with Crippen molar-refractivity contribution in [3.05, 3.63) is 30.4 Å². The third-order valence-corrected chi connectivity index (χ3v) is 5.91. The minimum Gasteiger partial charge on any atom is -0.454 e. The van der Waals surface area contributed by atoms with E-state index in [1.807, 2.05) is 26.8 Å². The van der Waals surface area contributed by atoms with Gasteiger partial charge in [-0.05, 0) is 18.2 Å². The number of fused-ring (bicyclic) bond motifs is 4. The third kappa shape index (κ3) is 2.44. The molecule has 1 aromatic rings. The number of hydrogen-bond donors (Lipinski definition) is 0. The first-order valence-electron chi connectivity index (χ1n) is 9.60. The van der Waals surface area contributed by atoms with Gasteiger partial charge in [-0.3, -0.25) is 19.4 Å². The first-order chi connectivity index (χ1) is 13.8. The summed E-state index contributed by atoms with van der Waals surface area (Å²) < 4.78 is 10.7. The molecule has 0 unspecified atom stereocenters. The highest BCUT2D eigenvalue weighted by atomic mass is 16.7. The van der Waals surface area contributed by atoms with Gasteiger partial charge in [0.2, 0.25) is 18.6 Å². The number of ketones is 1. The van der Waals surface area contributed by atoms with Crippen molar-refractivity contribution in [1.29, 1.82) is 0 Å². The molecule has 4 aliphatic heterocycles. The molecule has 0 spiro atoms. The number of benzene rings is 1. The SMILES string of the molecule is CC(C)(C)C(=O)[C@@H]1[C@H]2C(=O)N(c3ccc4c(c3)OCO4)C(=O)[C@H]2[C@@H]2C=CC=NN12. The van der Waals surface area contributed by atoms with Crippen molar-refractivity contribution >= 4 is 29.5 Å². The Hall–Kier alpha value is -3.16. The van der Waals surface area contributed by atoms with E-state index in [0.717, 1.165) is 0 Å². The predicted molar refractivity (Wildman–Crippen MR) is 104 cm³/mol. The molecule has 4 atom stereocenters. The van der Waals surface area contributed by atoms with Crippen LogP contribution in [0.2, 0.25) is 0 Å². The fourth-order valence-electron chi connectivity index (χ4n) is 4.56. The average Bonchev–Trinajstić information content (AvgIpc) is 3.34. The number of ether oxygens (including phenoxy) is 2. The van der Waals surface area contributed by atoms with Gasteiger partial charge in [-0.15, -0.1) is 0 Å². The predicted octanol–water partition coefficient (Wildman–Crippen LogP) is 1.74. The normalized spacial score (nSPS) is 29.5. The van der Waals surface area contributed by atoms with E-state index in [2.05, 4.69) is 5.10 Å². The molecule has 2 saturated heterocycles. The fourth-order valence-corrected chi connectivity index (χ4v) is 4.56. The minimum atomic E-state index is -0.776. The van der Waals surface area contributed by atoms with Crippen LogP contribution in [0.4, 0.5) is 5.69 Å². The Morgan fingerprint density at radius 3 is 2.59 bits per heavy atom. The van der Waals surface area contributed by atoms with Crippen LogP contribution in [-0.2, 0) is 14.4 Å². The third-order valence-electron chi connectivity index (χ3n) is 5.91. The summed E-state index contributed by atoms with van der Waals surface area (Å²) in [5, 5.41) is 5.98. The van der Waals surface area contributed by atoms with Crippen LogP contribution in [0.25, 0.3) is 0 Å². The minimum absolute atomic E-state index is 0.101. The lowest BCUT2D eigenvalue weighted by molar-refractivity contribution is -0.136. The molecule has 0 N–H and O–H groups in total. The Labute approximate surface area is 167 Å². The summed E-state index contributed by atoms with van der Waals surface area (Å²) in [7, 11) is 0. The Balaban J connectivity index is 1.57. The maximum Gasteiger partial charge on any atom is 0.240 e. The van der Waals surface area contributed by atoms with Crippen molar-refractivity contribution in [2.75, 3.05) is 11.7 Å². The lowest BCUT2D eigenvalue weighted by Crippen LogP contribution is -2.49. The lowest BCUT2D eigenvalue weighted by atomic mass is 9.80. The van der Waals surface area contributed by atoms with Crippen LogP contribution in [0.15, 0.2) is 35.5 Å². The van der Waals surface area contributed by atoms with Crippen molar-refractivity contribution in [2.45, 2.75) is 32.9 Å². The number of rotatable bonds is 2. The topological polar surface area (TPSA) is 88.5 Å². The largest absolute Gasteiger partial charge is 0.454 e. The quantitative estimate of drug-likeness (QED) is 0.709. The van der Waals surface area contributed by atoms with Crippen molar-refractivity contribution < 1.29 is 23.9 Å². The molecule has 0 radical (unpaired) electrons. The van der Waals surface area contributed by atoms with Gasteiger partial charge in [0.25, 0.3) is 0 Å². The average molecular weight is 395 g/mol. The summed E-state index contributed by atoms with van der Waals surface area (Å²) in [6.45, 7) is 5.56. The molecule has 2 amide bonds. The Morgan fingerprint density at radius 1 is 1.10 bits per heavy atom. The van der Waals surface area contributed by atoms with Crippen LogP contribution in [0.3, 0.4) is 0 Å². The number of carbonyl (C=O) groups is 3. The first-order valence-corrected chi connectivity index (χ1v) is 9.60. The van der Waals surface area contributed by atoms with E-state index in [1.54, 1.807) is 35.5 Å². The Bertz CT molecular complexity index is 993. The maximum atomic E-state index is 13.5. The summed E-state index contributed by atoms with van der Waals surface area (Å²) in [5.74, 6) is -1.16. The summed E-state index contributed by atoms with van der Waals surface area (Å²) in [6.07, 6.45) is 5.18.